The molecule has 3 amide bonds. The zero-order valence-corrected chi connectivity index (χ0v) is 19.3. The number of ketones is 1. The molecule has 1 heterocycles. The van der Waals surface area contributed by atoms with Crippen molar-refractivity contribution in [3.8, 4) is 0 Å². The highest BCUT2D eigenvalue weighted by Gasteiger charge is 2.31. The summed E-state index contributed by atoms with van der Waals surface area (Å²) in [5.74, 6) is -3.28. The van der Waals surface area contributed by atoms with Crippen molar-refractivity contribution in [1.29, 1.82) is 0 Å². The van der Waals surface area contributed by atoms with E-state index in [2.05, 4.69) is 16.0 Å². The van der Waals surface area contributed by atoms with E-state index in [0.29, 0.717) is 22.5 Å². The molecule has 0 radical (unpaired) electrons. The fourth-order valence-corrected chi connectivity index (χ4v) is 3.55. The highest BCUT2D eigenvalue weighted by Crippen LogP contribution is 2.24. The van der Waals surface area contributed by atoms with Crippen molar-refractivity contribution in [3.63, 3.8) is 0 Å². The van der Waals surface area contributed by atoms with E-state index < -0.39 is 29.5 Å². The number of halogens is 1. The lowest BCUT2D eigenvalue weighted by Gasteiger charge is -2.20. The van der Waals surface area contributed by atoms with Gasteiger partial charge in [-0.3, -0.25) is 19.2 Å². The number of anilines is 1. The van der Waals surface area contributed by atoms with Crippen molar-refractivity contribution in [3.05, 3.63) is 52.1 Å². The molecule has 172 valence electrons. The molecule has 1 aromatic heterocycles. The van der Waals surface area contributed by atoms with Gasteiger partial charge in [-0.15, -0.1) is 0 Å². The number of carbonyl (C=O) groups excluding carboxylic acids is 4. The smallest absolute Gasteiger partial charge is 0.294 e. The number of Topliss-reactive ketones (excluding diaryl/α,β-unsaturated/α-hetero) is 1. The fraction of sp³-hybridized carbons (Fsp3) is 0.391. The van der Waals surface area contributed by atoms with Gasteiger partial charge in [0.05, 0.1) is 11.3 Å². The highest BCUT2D eigenvalue weighted by molar-refractivity contribution is 6.43. The lowest BCUT2D eigenvalue weighted by Crippen LogP contribution is -2.50. The molecule has 9 heteroatoms. The topological polar surface area (TPSA) is 109 Å². The third-order valence-electron chi connectivity index (χ3n) is 5.48. The van der Waals surface area contributed by atoms with Crippen LogP contribution in [0, 0.1) is 32.5 Å². The number of likely N-dealkylation sites (N-methyl/N-ethyl adjacent to an activating group) is 1. The summed E-state index contributed by atoms with van der Waals surface area (Å²) in [5, 5.41) is 7.65. The zero-order valence-electron chi connectivity index (χ0n) is 19.3. The Hall–Kier alpha value is -3.49. The number of carbonyl (C=O) groups is 4. The van der Waals surface area contributed by atoms with E-state index in [0.717, 1.165) is 0 Å². The summed E-state index contributed by atoms with van der Waals surface area (Å²) in [4.78, 5) is 50.5. The van der Waals surface area contributed by atoms with Gasteiger partial charge in [-0.1, -0.05) is 13.8 Å². The molecule has 0 spiro atoms. The summed E-state index contributed by atoms with van der Waals surface area (Å²) >= 11 is 0. The van der Waals surface area contributed by atoms with Gasteiger partial charge in [-0.25, -0.2) is 4.39 Å². The fourth-order valence-electron chi connectivity index (χ4n) is 3.55. The summed E-state index contributed by atoms with van der Waals surface area (Å²) < 4.78 is 15.0. The lowest BCUT2D eigenvalue weighted by molar-refractivity contribution is -0.127. The SMILES string of the molecule is CNC(=O)C(NC(=O)C(=O)c1c(C)c(C(=O)Nc2ccc(F)c(C)c2)c(C)n1C)C(C)C. The van der Waals surface area contributed by atoms with Crippen LogP contribution in [-0.2, 0) is 16.6 Å². The predicted octanol–water partition coefficient (Wildman–Crippen LogP) is 2.41. The standard InChI is InChI=1S/C23H29FN4O4/c1-11(2)18(22(31)25-6)27-23(32)20(29)19-13(4)17(14(5)28(19)7)21(30)26-15-8-9-16(24)12(3)10-15/h8-11,18H,1-7H3,(H,25,31)(H,26,30)(H,27,32). The third kappa shape index (κ3) is 4.87. The minimum atomic E-state index is -0.933. The Bertz CT molecular complexity index is 1090. The minimum absolute atomic E-state index is 0.0554. The number of hydrogen-bond acceptors (Lipinski definition) is 4. The molecule has 32 heavy (non-hydrogen) atoms. The molecule has 0 aliphatic rings. The maximum absolute atomic E-state index is 13.5. The molecule has 0 aliphatic carbocycles. The number of aryl methyl sites for hydroxylation is 1. The van der Waals surface area contributed by atoms with Crippen LogP contribution in [-0.4, -0.2) is 41.2 Å². The zero-order chi connectivity index (χ0) is 24.3. The molecule has 1 unspecified atom stereocenters. The molecule has 0 aliphatic heterocycles. The molecular formula is C23H29FN4O4. The molecule has 0 fully saturated rings. The second kappa shape index (κ2) is 9.76. The van der Waals surface area contributed by atoms with E-state index in [9.17, 15) is 23.6 Å². The summed E-state index contributed by atoms with van der Waals surface area (Å²) in [6.45, 7) is 8.33. The van der Waals surface area contributed by atoms with E-state index in [1.54, 1.807) is 41.7 Å². The molecule has 2 aromatic rings. The molecule has 8 nitrogen and oxygen atoms in total. The minimum Gasteiger partial charge on any atom is -0.357 e. The van der Waals surface area contributed by atoms with Crippen LogP contribution < -0.4 is 16.0 Å². The van der Waals surface area contributed by atoms with Crippen molar-refractivity contribution < 1.29 is 23.6 Å². The Morgan fingerprint density at radius 3 is 2.22 bits per heavy atom. The Balaban J connectivity index is 2.34. The first-order valence-corrected chi connectivity index (χ1v) is 10.2. The normalized spacial score (nSPS) is 11.8. The number of nitrogens with one attached hydrogen (secondary N) is 3. The van der Waals surface area contributed by atoms with Crippen molar-refractivity contribution in [2.75, 3.05) is 12.4 Å². The van der Waals surface area contributed by atoms with E-state index in [4.69, 9.17) is 0 Å². The van der Waals surface area contributed by atoms with Gasteiger partial charge in [0, 0.05) is 25.5 Å². The molecular weight excluding hydrogens is 415 g/mol. The summed E-state index contributed by atoms with van der Waals surface area (Å²) in [7, 11) is 3.03. The van der Waals surface area contributed by atoms with Gasteiger partial charge in [0.2, 0.25) is 5.91 Å². The number of nitrogens with zero attached hydrogens (tertiary/aromatic N) is 1. The van der Waals surface area contributed by atoms with Crippen molar-refractivity contribution in [2.45, 2.75) is 40.7 Å². The van der Waals surface area contributed by atoms with Crippen LogP contribution in [0.25, 0.3) is 0 Å². The van der Waals surface area contributed by atoms with Gasteiger partial charge in [-0.2, -0.15) is 0 Å². The lowest BCUT2D eigenvalue weighted by atomic mass is 10.0. The summed E-state index contributed by atoms with van der Waals surface area (Å²) in [6, 6.07) is 3.33. The maximum atomic E-state index is 13.5. The Kier molecular flexibility index (Phi) is 7.56. The highest BCUT2D eigenvalue weighted by atomic mass is 19.1. The van der Waals surface area contributed by atoms with Crippen LogP contribution in [0.1, 0.15) is 51.5 Å². The van der Waals surface area contributed by atoms with Crippen molar-refractivity contribution in [1.82, 2.24) is 15.2 Å². The number of rotatable bonds is 7. The van der Waals surface area contributed by atoms with Crippen molar-refractivity contribution in [2.24, 2.45) is 13.0 Å². The largest absolute Gasteiger partial charge is 0.357 e. The van der Waals surface area contributed by atoms with Crippen LogP contribution in [0.15, 0.2) is 18.2 Å². The van der Waals surface area contributed by atoms with E-state index >= 15 is 0 Å². The average Bonchev–Trinajstić information content (AvgIpc) is 2.95. The van der Waals surface area contributed by atoms with E-state index in [-0.39, 0.29) is 23.0 Å². The molecule has 3 N–H and O–H groups in total. The van der Waals surface area contributed by atoms with Gasteiger partial charge in [-0.05, 0) is 56.0 Å². The van der Waals surface area contributed by atoms with Crippen molar-refractivity contribution >= 4 is 29.2 Å². The number of aromatic nitrogens is 1. The third-order valence-corrected chi connectivity index (χ3v) is 5.48. The van der Waals surface area contributed by atoms with Gasteiger partial charge in [0.25, 0.3) is 17.6 Å². The van der Waals surface area contributed by atoms with Gasteiger partial charge < -0.3 is 20.5 Å². The van der Waals surface area contributed by atoms with Gasteiger partial charge in [0.15, 0.2) is 0 Å². The Morgan fingerprint density at radius 2 is 1.69 bits per heavy atom. The second-order valence-corrected chi connectivity index (χ2v) is 8.05. The first-order chi connectivity index (χ1) is 14.9. The van der Waals surface area contributed by atoms with Crippen LogP contribution in [0.4, 0.5) is 10.1 Å². The maximum Gasteiger partial charge on any atom is 0.294 e. The molecule has 1 atom stereocenters. The van der Waals surface area contributed by atoms with Crippen LogP contribution in [0.5, 0.6) is 0 Å². The first-order valence-electron chi connectivity index (χ1n) is 10.2. The quantitative estimate of drug-likeness (QED) is 0.450. The van der Waals surface area contributed by atoms with E-state index in [1.807, 2.05) is 0 Å². The van der Waals surface area contributed by atoms with Crippen LogP contribution in [0.3, 0.4) is 0 Å². The second-order valence-electron chi connectivity index (χ2n) is 8.05. The molecule has 0 saturated heterocycles. The van der Waals surface area contributed by atoms with E-state index in [1.165, 1.54) is 29.8 Å². The molecule has 2 rings (SSSR count). The molecule has 0 saturated carbocycles. The summed E-state index contributed by atoms with van der Waals surface area (Å²) in [5.41, 5.74) is 1.92. The molecule has 0 bridgehead atoms. The predicted molar refractivity (Wildman–Crippen MR) is 119 cm³/mol. The molecule has 1 aromatic carbocycles. The monoisotopic (exact) mass is 444 g/mol. The first kappa shape index (κ1) is 24.8. The summed E-state index contributed by atoms with van der Waals surface area (Å²) in [6.07, 6.45) is 0. The Morgan fingerprint density at radius 1 is 1.06 bits per heavy atom. The van der Waals surface area contributed by atoms with Crippen LogP contribution >= 0.6 is 0 Å². The number of benzene rings is 1. The number of hydrogen-bond donors (Lipinski definition) is 3. The van der Waals surface area contributed by atoms with Gasteiger partial charge in [0.1, 0.15) is 11.9 Å². The Labute approximate surface area is 186 Å². The average molecular weight is 445 g/mol. The van der Waals surface area contributed by atoms with Gasteiger partial charge >= 0.3 is 0 Å². The number of amides is 3. The van der Waals surface area contributed by atoms with Crippen LogP contribution in [0.2, 0.25) is 0 Å².